The van der Waals surface area contributed by atoms with Gasteiger partial charge in [0.05, 0.1) is 6.21 Å². The van der Waals surface area contributed by atoms with Gasteiger partial charge in [0, 0.05) is 44.4 Å². The molecule has 0 unspecified atom stereocenters. The first-order chi connectivity index (χ1) is 14.0. The smallest absolute Gasteiger partial charge is 0.254 e. The Morgan fingerprint density at radius 2 is 1.72 bits per heavy atom. The number of benzene rings is 2. The van der Waals surface area contributed by atoms with Gasteiger partial charge in [-0.1, -0.05) is 30.3 Å². The molecule has 0 bridgehead atoms. The summed E-state index contributed by atoms with van der Waals surface area (Å²) in [7, 11) is 3.98. The summed E-state index contributed by atoms with van der Waals surface area (Å²) in [6.07, 6.45) is 2.95. The summed E-state index contributed by atoms with van der Waals surface area (Å²) in [6.45, 7) is 3.11. The molecule has 152 valence electrons. The molecule has 29 heavy (non-hydrogen) atoms. The van der Waals surface area contributed by atoms with Crippen molar-refractivity contribution in [1.29, 1.82) is 0 Å². The molecule has 0 radical (unpaired) electrons. The van der Waals surface area contributed by atoms with Crippen LogP contribution in [0.15, 0.2) is 53.6 Å². The summed E-state index contributed by atoms with van der Waals surface area (Å²) >= 11 is 0. The van der Waals surface area contributed by atoms with Gasteiger partial charge in [-0.2, -0.15) is 5.10 Å². The molecule has 6 nitrogen and oxygen atoms in total. The Kier molecular flexibility index (Phi) is 6.65. The molecule has 1 N–H and O–H groups in total. The molecule has 0 atom stereocenters. The molecule has 2 amide bonds. The van der Waals surface area contributed by atoms with Gasteiger partial charge in [-0.3, -0.25) is 9.59 Å². The molecule has 0 aliphatic carbocycles. The molecule has 1 aliphatic heterocycles. The quantitative estimate of drug-likeness (QED) is 0.628. The molecule has 0 spiro atoms. The topological polar surface area (TPSA) is 65.0 Å². The van der Waals surface area contributed by atoms with Crippen molar-refractivity contribution in [3.8, 4) is 0 Å². The number of amides is 2. The zero-order chi connectivity index (χ0) is 20.8. The summed E-state index contributed by atoms with van der Waals surface area (Å²) in [5, 5.41) is 4.09. The average Bonchev–Trinajstić information content (AvgIpc) is 2.74. The van der Waals surface area contributed by atoms with Crippen LogP contribution in [0.4, 0.5) is 5.69 Å². The maximum Gasteiger partial charge on any atom is 0.254 e. The number of piperidine rings is 1. The van der Waals surface area contributed by atoms with Crippen LogP contribution in [-0.4, -0.2) is 50.1 Å². The lowest BCUT2D eigenvalue weighted by Crippen LogP contribution is -2.42. The number of anilines is 1. The number of aryl methyl sites for hydroxylation is 1. The summed E-state index contributed by atoms with van der Waals surface area (Å²) in [4.78, 5) is 28.9. The van der Waals surface area contributed by atoms with Crippen LogP contribution in [0.3, 0.4) is 0 Å². The highest BCUT2D eigenvalue weighted by Gasteiger charge is 2.28. The number of nitrogens with one attached hydrogen (secondary N) is 1. The number of carbonyl (C=O) groups is 2. The minimum absolute atomic E-state index is 0.0427. The third kappa shape index (κ3) is 5.22. The molecule has 3 rings (SSSR count). The Morgan fingerprint density at radius 1 is 1.07 bits per heavy atom. The van der Waals surface area contributed by atoms with Crippen LogP contribution in [0.1, 0.15) is 34.3 Å². The van der Waals surface area contributed by atoms with Crippen molar-refractivity contribution < 1.29 is 9.59 Å². The molecule has 6 heteroatoms. The highest BCUT2D eigenvalue weighted by molar-refractivity contribution is 5.95. The summed E-state index contributed by atoms with van der Waals surface area (Å²) in [6, 6.07) is 15.5. The van der Waals surface area contributed by atoms with Gasteiger partial charge >= 0.3 is 0 Å². The van der Waals surface area contributed by atoms with Gasteiger partial charge in [-0.15, -0.1) is 0 Å². The number of hydrogen-bond acceptors (Lipinski definition) is 4. The Bertz CT molecular complexity index is 882. The van der Waals surface area contributed by atoms with Gasteiger partial charge in [-0.05, 0) is 49.1 Å². The van der Waals surface area contributed by atoms with Crippen molar-refractivity contribution in [2.75, 3.05) is 32.1 Å². The molecule has 1 heterocycles. The maximum absolute atomic E-state index is 12.7. The van der Waals surface area contributed by atoms with E-state index >= 15 is 0 Å². The Morgan fingerprint density at radius 3 is 2.34 bits per heavy atom. The van der Waals surface area contributed by atoms with E-state index in [2.05, 4.69) is 10.5 Å². The number of hydrazone groups is 1. The predicted molar refractivity (Wildman–Crippen MR) is 116 cm³/mol. The van der Waals surface area contributed by atoms with Gasteiger partial charge in [0.25, 0.3) is 5.91 Å². The van der Waals surface area contributed by atoms with Crippen LogP contribution in [-0.2, 0) is 4.79 Å². The fourth-order valence-electron chi connectivity index (χ4n) is 3.45. The maximum atomic E-state index is 12.7. The molecule has 2 aromatic carbocycles. The number of rotatable bonds is 5. The van der Waals surface area contributed by atoms with Crippen LogP contribution >= 0.6 is 0 Å². The fraction of sp³-hybridized carbons (Fsp3) is 0.348. The first-order valence-corrected chi connectivity index (χ1v) is 9.91. The molecule has 0 saturated carbocycles. The second kappa shape index (κ2) is 9.37. The highest BCUT2D eigenvalue weighted by atomic mass is 16.2. The lowest BCUT2D eigenvalue weighted by Gasteiger charge is -2.31. The first kappa shape index (κ1) is 20.6. The van der Waals surface area contributed by atoms with E-state index in [1.807, 2.05) is 79.3 Å². The van der Waals surface area contributed by atoms with Crippen LogP contribution < -0.4 is 10.3 Å². The number of likely N-dealkylation sites (tertiary alicyclic amines) is 1. The minimum Gasteiger partial charge on any atom is -0.378 e. The van der Waals surface area contributed by atoms with E-state index in [-0.39, 0.29) is 17.7 Å². The third-order valence-electron chi connectivity index (χ3n) is 5.33. The van der Waals surface area contributed by atoms with Gasteiger partial charge in [0.2, 0.25) is 5.91 Å². The van der Waals surface area contributed by atoms with Gasteiger partial charge in [-0.25, -0.2) is 5.43 Å². The standard InChI is InChI=1S/C23H28N4O2/c1-17-6-4-5-7-21(17)23(29)27-14-12-19(13-15-27)22(28)25-24-16-18-8-10-20(11-9-18)26(2)3/h4-11,16,19H,12-15H2,1-3H3,(H,25,28)/b24-16+. The first-order valence-electron chi connectivity index (χ1n) is 9.91. The van der Waals surface area contributed by atoms with Crippen molar-refractivity contribution in [1.82, 2.24) is 10.3 Å². The van der Waals surface area contributed by atoms with E-state index < -0.39 is 0 Å². The van der Waals surface area contributed by atoms with E-state index in [0.717, 1.165) is 22.4 Å². The molecule has 1 aliphatic rings. The van der Waals surface area contributed by atoms with Crippen molar-refractivity contribution in [3.05, 3.63) is 65.2 Å². The molecule has 1 fully saturated rings. The van der Waals surface area contributed by atoms with E-state index in [4.69, 9.17) is 0 Å². The highest BCUT2D eigenvalue weighted by Crippen LogP contribution is 2.20. The molecule has 1 saturated heterocycles. The van der Waals surface area contributed by atoms with Crippen LogP contribution in [0.25, 0.3) is 0 Å². The van der Waals surface area contributed by atoms with Crippen molar-refractivity contribution in [2.45, 2.75) is 19.8 Å². The van der Waals surface area contributed by atoms with Crippen molar-refractivity contribution in [3.63, 3.8) is 0 Å². The van der Waals surface area contributed by atoms with Crippen molar-refractivity contribution in [2.24, 2.45) is 11.0 Å². The largest absolute Gasteiger partial charge is 0.378 e. The van der Waals surface area contributed by atoms with Crippen molar-refractivity contribution >= 4 is 23.7 Å². The zero-order valence-electron chi connectivity index (χ0n) is 17.3. The minimum atomic E-state index is -0.121. The van der Waals surface area contributed by atoms with E-state index in [0.29, 0.717) is 25.9 Å². The molecular weight excluding hydrogens is 364 g/mol. The molecule has 0 aromatic heterocycles. The van der Waals surface area contributed by atoms with E-state index in [1.165, 1.54) is 0 Å². The average molecular weight is 393 g/mol. The van der Waals surface area contributed by atoms with Crippen LogP contribution in [0, 0.1) is 12.8 Å². The fourth-order valence-corrected chi connectivity index (χ4v) is 3.45. The van der Waals surface area contributed by atoms with E-state index in [9.17, 15) is 9.59 Å². The lowest BCUT2D eigenvalue weighted by atomic mass is 9.95. The second-order valence-electron chi connectivity index (χ2n) is 7.60. The molecular formula is C23H28N4O2. The Hall–Kier alpha value is -3.15. The predicted octanol–water partition coefficient (Wildman–Crippen LogP) is 3.06. The number of carbonyl (C=O) groups excluding carboxylic acids is 2. The monoisotopic (exact) mass is 392 g/mol. The third-order valence-corrected chi connectivity index (χ3v) is 5.33. The Labute approximate surface area is 172 Å². The summed E-state index contributed by atoms with van der Waals surface area (Å²) < 4.78 is 0. The number of hydrogen-bond donors (Lipinski definition) is 1. The SMILES string of the molecule is Cc1ccccc1C(=O)N1CCC(C(=O)N/N=C/c2ccc(N(C)C)cc2)CC1. The van der Waals surface area contributed by atoms with Crippen LogP contribution in [0.2, 0.25) is 0 Å². The summed E-state index contributed by atoms with van der Waals surface area (Å²) in [5.41, 5.74) is 6.39. The van der Waals surface area contributed by atoms with Gasteiger partial charge < -0.3 is 9.80 Å². The van der Waals surface area contributed by atoms with Gasteiger partial charge in [0.15, 0.2) is 0 Å². The van der Waals surface area contributed by atoms with Gasteiger partial charge in [0.1, 0.15) is 0 Å². The van der Waals surface area contributed by atoms with Crippen LogP contribution in [0.5, 0.6) is 0 Å². The normalized spacial score (nSPS) is 14.8. The lowest BCUT2D eigenvalue weighted by molar-refractivity contribution is -0.126. The summed E-state index contributed by atoms with van der Waals surface area (Å²) in [5.74, 6) is -0.167. The number of nitrogens with zero attached hydrogens (tertiary/aromatic N) is 3. The Balaban J connectivity index is 1.48. The van der Waals surface area contributed by atoms with E-state index in [1.54, 1.807) is 6.21 Å². The zero-order valence-corrected chi connectivity index (χ0v) is 17.3. The molecule has 2 aromatic rings. The second-order valence-corrected chi connectivity index (χ2v) is 7.60.